The maximum Gasteiger partial charge on any atom is 0.387 e. The van der Waals surface area contributed by atoms with Crippen LogP contribution in [0, 0.1) is 6.92 Å². The number of fused-ring (bicyclic) bond motifs is 1. The number of rotatable bonds is 8. The molecule has 0 unspecified atom stereocenters. The second-order valence-corrected chi connectivity index (χ2v) is 6.99. The Labute approximate surface area is 168 Å². The molecule has 7 heteroatoms. The summed E-state index contributed by atoms with van der Waals surface area (Å²) in [7, 11) is 3.25. The summed E-state index contributed by atoms with van der Waals surface area (Å²) in [4.78, 5) is 18.3. The number of benzene rings is 2. The van der Waals surface area contributed by atoms with E-state index in [1.54, 1.807) is 12.1 Å². The van der Waals surface area contributed by atoms with Crippen LogP contribution in [0.5, 0.6) is 11.5 Å². The fourth-order valence-corrected chi connectivity index (χ4v) is 3.43. The van der Waals surface area contributed by atoms with E-state index in [4.69, 9.17) is 4.74 Å². The molecule has 5 nitrogen and oxygen atoms in total. The van der Waals surface area contributed by atoms with Gasteiger partial charge in [0.2, 0.25) is 0 Å². The molecule has 0 saturated heterocycles. The maximum absolute atomic E-state index is 13.2. The lowest BCUT2D eigenvalue weighted by atomic mass is 10.0. The number of aryl methyl sites for hydroxylation is 1. The molecule has 0 aliphatic rings. The van der Waals surface area contributed by atoms with E-state index in [9.17, 15) is 13.6 Å². The molecule has 1 N–H and O–H groups in total. The molecular weight excluding hydrogens is 378 g/mol. The van der Waals surface area contributed by atoms with Crippen molar-refractivity contribution in [2.45, 2.75) is 33.0 Å². The second kappa shape index (κ2) is 8.61. The number of likely N-dealkylation sites (N-methyl/N-ethyl adjacent to an activating group) is 1. The molecule has 0 aliphatic carbocycles. The molecule has 0 fully saturated rings. The first kappa shape index (κ1) is 20.8. The van der Waals surface area contributed by atoms with Gasteiger partial charge in [-0.25, -0.2) is 0 Å². The number of Topliss-reactive ketones (excluding diaryl/α,β-unsaturated/α-hetero) is 1. The fourth-order valence-electron chi connectivity index (χ4n) is 3.43. The van der Waals surface area contributed by atoms with Gasteiger partial charge in [-0.05, 0) is 44.7 Å². The summed E-state index contributed by atoms with van der Waals surface area (Å²) >= 11 is 0. The van der Waals surface area contributed by atoms with E-state index in [0.29, 0.717) is 12.1 Å². The molecule has 0 radical (unpaired) electrons. The molecule has 3 aromatic rings. The summed E-state index contributed by atoms with van der Waals surface area (Å²) < 4.78 is 34.6. The quantitative estimate of drug-likeness (QED) is 0.551. The average Bonchev–Trinajstić information content (AvgIpc) is 3.03. The van der Waals surface area contributed by atoms with Gasteiger partial charge in [0.05, 0.1) is 13.2 Å². The zero-order valence-corrected chi connectivity index (χ0v) is 16.8. The zero-order valence-electron chi connectivity index (χ0n) is 16.8. The Morgan fingerprint density at radius 1 is 1.17 bits per heavy atom. The first-order valence-corrected chi connectivity index (χ1v) is 9.25. The van der Waals surface area contributed by atoms with Gasteiger partial charge in [0.1, 0.15) is 0 Å². The van der Waals surface area contributed by atoms with Crippen molar-refractivity contribution in [3.63, 3.8) is 0 Å². The van der Waals surface area contributed by atoms with E-state index in [2.05, 4.69) is 9.72 Å². The summed E-state index contributed by atoms with van der Waals surface area (Å²) in [6.45, 7) is 1.27. The molecule has 0 spiro atoms. The Morgan fingerprint density at radius 2 is 1.90 bits per heavy atom. The van der Waals surface area contributed by atoms with Crippen LogP contribution in [0.25, 0.3) is 10.9 Å². The van der Waals surface area contributed by atoms with Gasteiger partial charge in [-0.1, -0.05) is 24.3 Å². The smallest absolute Gasteiger partial charge is 0.387 e. The number of methoxy groups -OCH3 is 1. The molecule has 1 atom stereocenters. The number of hydrogen-bond acceptors (Lipinski definition) is 4. The minimum atomic E-state index is -2.92. The number of aromatic amines is 1. The summed E-state index contributed by atoms with van der Waals surface area (Å²) in [6, 6.07) is 12.1. The first-order chi connectivity index (χ1) is 13.8. The Hall–Kier alpha value is -2.93. The average molecular weight is 402 g/mol. The van der Waals surface area contributed by atoms with Crippen LogP contribution in [0.2, 0.25) is 0 Å². The van der Waals surface area contributed by atoms with Crippen LogP contribution in [0.4, 0.5) is 8.78 Å². The van der Waals surface area contributed by atoms with Gasteiger partial charge in [0.15, 0.2) is 17.3 Å². The molecule has 0 bridgehead atoms. The Morgan fingerprint density at radius 3 is 2.59 bits per heavy atom. The fraction of sp³-hybridized carbons (Fsp3) is 0.318. The molecule has 1 heterocycles. The topological polar surface area (TPSA) is 54.6 Å². The number of aromatic nitrogens is 1. The van der Waals surface area contributed by atoms with Crippen molar-refractivity contribution in [2.75, 3.05) is 14.2 Å². The van der Waals surface area contributed by atoms with Crippen molar-refractivity contribution >= 4 is 16.7 Å². The predicted molar refractivity (Wildman–Crippen MR) is 108 cm³/mol. The highest BCUT2D eigenvalue weighted by molar-refractivity contribution is 6.11. The summed E-state index contributed by atoms with van der Waals surface area (Å²) in [5.41, 5.74) is 3.29. The van der Waals surface area contributed by atoms with Crippen molar-refractivity contribution in [1.29, 1.82) is 0 Å². The zero-order chi connectivity index (χ0) is 21.1. The molecule has 2 aromatic carbocycles. The van der Waals surface area contributed by atoms with Gasteiger partial charge in [-0.2, -0.15) is 8.78 Å². The van der Waals surface area contributed by atoms with E-state index in [-0.39, 0.29) is 23.3 Å². The van der Waals surface area contributed by atoms with Gasteiger partial charge in [-0.3, -0.25) is 9.69 Å². The number of nitrogens with zero attached hydrogens (tertiary/aromatic N) is 1. The van der Waals surface area contributed by atoms with E-state index >= 15 is 0 Å². The third-order valence-corrected chi connectivity index (χ3v) is 5.06. The van der Waals surface area contributed by atoms with E-state index in [1.165, 1.54) is 13.2 Å². The Balaban J connectivity index is 1.79. The number of hydrogen-bond donors (Lipinski definition) is 1. The van der Waals surface area contributed by atoms with Crippen LogP contribution < -0.4 is 9.47 Å². The number of carbonyl (C=O) groups is 1. The summed E-state index contributed by atoms with van der Waals surface area (Å²) in [5, 5.41) is 0.908. The maximum atomic E-state index is 13.2. The predicted octanol–water partition coefficient (Wildman–Crippen LogP) is 4.79. The summed E-state index contributed by atoms with van der Waals surface area (Å²) in [5.74, 6) is 0.224. The van der Waals surface area contributed by atoms with Crippen molar-refractivity contribution in [2.24, 2.45) is 0 Å². The third-order valence-electron chi connectivity index (χ3n) is 5.06. The molecule has 154 valence electrons. The van der Waals surface area contributed by atoms with Crippen molar-refractivity contribution < 1.29 is 23.0 Å². The summed E-state index contributed by atoms with van der Waals surface area (Å²) in [6.07, 6.45) is 0. The molecule has 1 aromatic heterocycles. The SMILES string of the molecule is COc1cc(CN(C)[C@@H](C)C(=O)c2c(C)[nH]c3ccccc23)ccc1OC(F)F. The normalized spacial score (nSPS) is 12.6. The highest BCUT2D eigenvalue weighted by atomic mass is 19.3. The number of ketones is 1. The molecular formula is C22H24F2N2O3. The van der Waals surface area contributed by atoms with Gasteiger partial charge in [0.25, 0.3) is 0 Å². The number of nitrogens with one attached hydrogen (secondary N) is 1. The number of H-pyrrole nitrogens is 1. The van der Waals surface area contributed by atoms with Crippen LogP contribution in [0.3, 0.4) is 0 Å². The van der Waals surface area contributed by atoms with E-state index in [1.807, 2.05) is 50.1 Å². The second-order valence-electron chi connectivity index (χ2n) is 6.99. The largest absolute Gasteiger partial charge is 0.493 e. The minimum Gasteiger partial charge on any atom is -0.493 e. The number of alkyl halides is 2. The number of halogens is 2. The lowest BCUT2D eigenvalue weighted by Gasteiger charge is -2.24. The lowest BCUT2D eigenvalue weighted by Crippen LogP contribution is -2.35. The lowest BCUT2D eigenvalue weighted by molar-refractivity contribution is -0.0512. The molecule has 0 amide bonds. The number of para-hydroxylation sites is 1. The number of carbonyl (C=O) groups excluding carboxylic acids is 1. The van der Waals surface area contributed by atoms with Crippen molar-refractivity contribution in [1.82, 2.24) is 9.88 Å². The number of ether oxygens (including phenoxy) is 2. The monoisotopic (exact) mass is 402 g/mol. The van der Waals surface area contributed by atoms with Gasteiger partial charge >= 0.3 is 6.61 Å². The van der Waals surface area contributed by atoms with Crippen LogP contribution in [-0.4, -0.2) is 42.5 Å². The molecule has 0 saturated carbocycles. The minimum absolute atomic E-state index is 0.0204. The Bertz CT molecular complexity index is 1020. The standard InChI is InChI=1S/C22H24F2N2O3/c1-13-20(16-7-5-6-8-17(16)25-13)21(27)14(2)26(3)12-15-9-10-18(29-22(23)24)19(11-15)28-4/h5-11,14,22,25H,12H2,1-4H3/t14-/m0/s1. The van der Waals surface area contributed by atoms with Crippen molar-refractivity contribution in [3.8, 4) is 11.5 Å². The third kappa shape index (κ3) is 4.40. The Kier molecular flexibility index (Phi) is 6.17. The van der Waals surface area contributed by atoms with Gasteiger partial charge in [-0.15, -0.1) is 0 Å². The highest BCUT2D eigenvalue weighted by Crippen LogP contribution is 2.30. The van der Waals surface area contributed by atoms with Gasteiger partial charge in [0, 0.05) is 28.7 Å². The van der Waals surface area contributed by atoms with Crippen molar-refractivity contribution in [3.05, 3.63) is 59.3 Å². The first-order valence-electron chi connectivity index (χ1n) is 9.25. The molecule has 0 aliphatic heterocycles. The van der Waals surface area contributed by atoms with E-state index < -0.39 is 6.61 Å². The van der Waals surface area contributed by atoms with Crippen LogP contribution in [0.15, 0.2) is 42.5 Å². The van der Waals surface area contributed by atoms with Gasteiger partial charge < -0.3 is 14.5 Å². The van der Waals surface area contributed by atoms with Crippen LogP contribution in [-0.2, 0) is 6.54 Å². The van der Waals surface area contributed by atoms with Crippen LogP contribution in [0.1, 0.15) is 28.5 Å². The molecule has 29 heavy (non-hydrogen) atoms. The van der Waals surface area contributed by atoms with Crippen LogP contribution >= 0.6 is 0 Å². The van der Waals surface area contributed by atoms with E-state index in [0.717, 1.165) is 22.2 Å². The highest BCUT2D eigenvalue weighted by Gasteiger charge is 2.24. The molecule has 3 rings (SSSR count).